The Bertz CT molecular complexity index is 1250. The SMILES string of the molecule is COc1ccc(OC)c(-c2csc(N3N=C(c4cccs4)C[C@H]3c3ccc(Cl)cc3)n2)c1. The molecule has 1 aliphatic rings. The second-order valence-electron chi connectivity index (χ2n) is 7.22. The summed E-state index contributed by atoms with van der Waals surface area (Å²) in [5.74, 6) is 1.51. The first-order valence-corrected chi connectivity index (χ1v) is 12.1. The number of aromatic nitrogens is 1. The zero-order valence-corrected chi connectivity index (χ0v) is 19.9. The summed E-state index contributed by atoms with van der Waals surface area (Å²) in [5, 5.41) is 12.7. The molecule has 0 amide bonds. The number of hydrogen-bond donors (Lipinski definition) is 0. The Morgan fingerprint density at radius 3 is 2.59 bits per heavy atom. The molecule has 1 atom stereocenters. The molecule has 0 saturated carbocycles. The van der Waals surface area contributed by atoms with Crippen molar-refractivity contribution < 1.29 is 9.47 Å². The standard InChI is InChI=1S/C24H20ClN3O2S2/c1-29-17-9-10-22(30-2)18(12-17)20-14-32-24(26-20)28-21(15-5-7-16(25)8-6-15)13-19(27-28)23-4-3-11-31-23/h3-12,14,21H,13H2,1-2H3/t21-/m0/s1. The molecule has 0 bridgehead atoms. The van der Waals surface area contributed by atoms with Crippen molar-refractivity contribution >= 4 is 45.1 Å². The highest BCUT2D eigenvalue weighted by atomic mass is 35.5. The molecule has 8 heteroatoms. The first-order valence-electron chi connectivity index (χ1n) is 10.00. The van der Waals surface area contributed by atoms with E-state index in [0.29, 0.717) is 0 Å². The van der Waals surface area contributed by atoms with Crippen LogP contribution in [0.3, 0.4) is 0 Å². The van der Waals surface area contributed by atoms with E-state index >= 15 is 0 Å². The van der Waals surface area contributed by atoms with Crippen molar-refractivity contribution in [1.82, 2.24) is 4.98 Å². The lowest BCUT2D eigenvalue weighted by Crippen LogP contribution is -2.18. The fourth-order valence-corrected chi connectivity index (χ4v) is 5.40. The number of thiophene rings is 1. The quantitative estimate of drug-likeness (QED) is 0.300. The second kappa shape index (κ2) is 8.94. The Hall–Kier alpha value is -2.87. The maximum atomic E-state index is 6.13. The van der Waals surface area contributed by atoms with Gasteiger partial charge in [-0.15, -0.1) is 22.7 Å². The normalized spacial score (nSPS) is 15.7. The van der Waals surface area contributed by atoms with E-state index in [1.807, 2.05) is 40.7 Å². The fraction of sp³-hybridized carbons (Fsp3) is 0.167. The van der Waals surface area contributed by atoms with E-state index in [4.69, 9.17) is 31.2 Å². The van der Waals surface area contributed by atoms with Crippen LogP contribution < -0.4 is 14.5 Å². The number of methoxy groups -OCH3 is 2. The van der Waals surface area contributed by atoms with Crippen LogP contribution in [0.25, 0.3) is 11.3 Å². The number of hydrazone groups is 1. The second-order valence-corrected chi connectivity index (χ2v) is 9.44. The van der Waals surface area contributed by atoms with Crippen LogP contribution in [0.2, 0.25) is 5.02 Å². The van der Waals surface area contributed by atoms with Crippen molar-refractivity contribution in [3.05, 3.63) is 80.8 Å². The van der Waals surface area contributed by atoms with Gasteiger partial charge in [-0.05, 0) is 47.3 Å². The van der Waals surface area contributed by atoms with Crippen LogP contribution in [0.15, 0.2) is 70.5 Å². The number of anilines is 1. The maximum absolute atomic E-state index is 6.13. The van der Waals surface area contributed by atoms with Crippen LogP contribution in [0, 0.1) is 0 Å². The Kier molecular flexibility index (Phi) is 5.87. The van der Waals surface area contributed by atoms with Crippen LogP contribution in [-0.4, -0.2) is 24.9 Å². The van der Waals surface area contributed by atoms with Crippen LogP contribution in [0.5, 0.6) is 11.5 Å². The lowest BCUT2D eigenvalue weighted by atomic mass is 10.0. The van der Waals surface area contributed by atoms with Crippen molar-refractivity contribution in [3.8, 4) is 22.8 Å². The summed E-state index contributed by atoms with van der Waals surface area (Å²) in [5.41, 5.74) is 3.94. The molecule has 0 radical (unpaired) electrons. The van der Waals surface area contributed by atoms with Gasteiger partial charge in [-0.25, -0.2) is 9.99 Å². The number of ether oxygens (including phenoxy) is 2. The maximum Gasteiger partial charge on any atom is 0.207 e. The predicted molar refractivity (Wildman–Crippen MR) is 133 cm³/mol. The molecule has 0 unspecified atom stereocenters. The Labute approximate surface area is 199 Å². The molecule has 2 aromatic carbocycles. The topological polar surface area (TPSA) is 47.0 Å². The molecule has 0 fully saturated rings. The van der Waals surface area contributed by atoms with Gasteiger partial charge in [0.25, 0.3) is 0 Å². The Balaban J connectivity index is 1.54. The molecule has 3 heterocycles. The highest BCUT2D eigenvalue weighted by Gasteiger charge is 2.32. The van der Waals surface area contributed by atoms with Crippen LogP contribution >= 0.6 is 34.3 Å². The van der Waals surface area contributed by atoms with E-state index in [1.165, 1.54) is 4.88 Å². The Morgan fingerprint density at radius 1 is 1.03 bits per heavy atom. The fourth-order valence-electron chi connectivity index (χ4n) is 3.73. The van der Waals surface area contributed by atoms with Gasteiger partial charge in [0, 0.05) is 22.4 Å². The molecule has 1 aliphatic heterocycles. The first kappa shape index (κ1) is 21.0. The van der Waals surface area contributed by atoms with E-state index < -0.39 is 0 Å². The van der Waals surface area contributed by atoms with Gasteiger partial charge in [-0.2, -0.15) is 5.10 Å². The van der Waals surface area contributed by atoms with Gasteiger partial charge < -0.3 is 9.47 Å². The summed E-state index contributed by atoms with van der Waals surface area (Å²) in [7, 11) is 3.31. The average Bonchev–Trinajstić information content (AvgIpc) is 3.59. The van der Waals surface area contributed by atoms with E-state index in [1.54, 1.807) is 36.9 Å². The third-order valence-electron chi connectivity index (χ3n) is 5.34. The van der Waals surface area contributed by atoms with Gasteiger partial charge in [0.1, 0.15) is 11.5 Å². The molecule has 5 nitrogen and oxygen atoms in total. The highest BCUT2D eigenvalue weighted by molar-refractivity contribution is 7.14. The molecule has 32 heavy (non-hydrogen) atoms. The molecule has 0 N–H and O–H groups in total. The molecule has 0 spiro atoms. The zero-order valence-electron chi connectivity index (χ0n) is 17.5. The lowest BCUT2D eigenvalue weighted by molar-refractivity contribution is 0.404. The molecular weight excluding hydrogens is 462 g/mol. The zero-order chi connectivity index (χ0) is 22.1. The molecule has 2 aromatic heterocycles. The molecule has 0 aliphatic carbocycles. The summed E-state index contributed by atoms with van der Waals surface area (Å²) < 4.78 is 11.0. The summed E-state index contributed by atoms with van der Waals surface area (Å²) in [6.07, 6.45) is 0.805. The largest absolute Gasteiger partial charge is 0.497 e. The van der Waals surface area contributed by atoms with Gasteiger partial charge in [0.2, 0.25) is 5.13 Å². The Morgan fingerprint density at radius 2 is 1.88 bits per heavy atom. The summed E-state index contributed by atoms with van der Waals surface area (Å²) in [4.78, 5) is 6.11. The number of thiazole rings is 1. The van der Waals surface area contributed by atoms with Gasteiger partial charge in [-0.1, -0.05) is 29.8 Å². The van der Waals surface area contributed by atoms with Crippen molar-refractivity contribution in [3.63, 3.8) is 0 Å². The van der Waals surface area contributed by atoms with Crippen molar-refractivity contribution in [2.75, 3.05) is 19.2 Å². The summed E-state index contributed by atoms with van der Waals surface area (Å²) in [6.45, 7) is 0. The van der Waals surface area contributed by atoms with Gasteiger partial charge >= 0.3 is 0 Å². The smallest absolute Gasteiger partial charge is 0.207 e. The number of benzene rings is 2. The number of nitrogens with zero attached hydrogens (tertiary/aromatic N) is 3. The van der Waals surface area contributed by atoms with Crippen LogP contribution in [0.1, 0.15) is 22.9 Å². The first-order chi connectivity index (χ1) is 15.7. The minimum Gasteiger partial charge on any atom is -0.497 e. The van der Waals surface area contributed by atoms with Crippen LogP contribution in [0.4, 0.5) is 5.13 Å². The number of halogens is 1. The van der Waals surface area contributed by atoms with E-state index in [0.717, 1.165) is 50.6 Å². The predicted octanol–water partition coefficient (Wildman–Crippen LogP) is 6.90. The number of rotatable bonds is 6. The van der Waals surface area contributed by atoms with Crippen molar-refractivity contribution in [2.24, 2.45) is 5.10 Å². The molecule has 5 rings (SSSR count). The monoisotopic (exact) mass is 481 g/mol. The van der Waals surface area contributed by atoms with E-state index in [9.17, 15) is 0 Å². The van der Waals surface area contributed by atoms with E-state index in [-0.39, 0.29) is 6.04 Å². The number of hydrogen-bond acceptors (Lipinski definition) is 7. The third kappa shape index (κ3) is 3.99. The molecule has 4 aromatic rings. The minimum atomic E-state index is 0.0515. The average molecular weight is 482 g/mol. The molecule has 162 valence electrons. The van der Waals surface area contributed by atoms with E-state index in [2.05, 4.69) is 29.6 Å². The minimum absolute atomic E-state index is 0.0515. The van der Waals surface area contributed by atoms with Gasteiger partial charge in [0.15, 0.2) is 0 Å². The van der Waals surface area contributed by atoms with Crippen molar-refractivity contribution in [1.29, 1.82) is 0 Å². The lowest BCUT2D eigenvalue weighted by Gasteiger charge is -2.21. The molecule has 0 saturated heterocycles. The van der Waals surface area contributed by atoms with Crippen molar-refractivity contribution in [2.45, 2.75) is 12.5 Å². The third-order valence-corrected chi connectivity index (χ3v) is 7.34. The van der Waals surface area contributed by atoms with Crippen LogP contribution in [-0.2, 0) is 0 Å². The van der Waals surface area contributed by atoms with Gasteiger partial charge in [-0.3, -0.25) is 0 Å². The van der Waals surface area contributed by atoms with Gasteiger partial charge in [0.05, 0.1) is 36.5 Å². The molecular formula is C24H20ClN3O2S2. The highest BCUT2D eigenvalue weighted by Crippen LogP contribution is 2.41. The summed E-state index contributed by atoms with van der Waals surface area (Å²) >= 11 is 9.40. The summed E-state index contributed by atoms with van der Waals surface area (Å²) in [6, 6.07) is 17.9.